The molecule has 0 spiro atoms. The zero-order chi connectivity index (χ0) is 16.6. The highest BCUT2D eigenvalue weighted by Gasteiger charge is 2.36. The summed E-state index contributed by atoms with van der Waals surface area (Å²) in [4.78, 5) is 37.6. The van der Waals surface area contributed by atoms with Crippen LogP contribution in [0.15, 0.2) is 42.5 Å². The van der Waals surface area contributed by atoms with Crippen LogP contribution in [-0.2, 0) is 4.74 Å². The van der Waals surface area contributed by atoms with E-state index in [1.165, 1.54) is 36.4 Å². The Labute approximate surface area is 132 Å². The zero-order valence-corrected chi connectivity index (χ0v) is 12.4. The molecule has 116 valence electrons. The Morgan fingerprint density at radius 1 is 1.04 bits per heavy atom. The molecule has 0 aromatic heterocycles. The maximum atomic E-state index is 12.4. The predicted molar refractivity (Wildman–Crippen MR) is 84.4 cm³/mol. The fourth-order valence-electron chi connectivity index (χ4n) is 2.45. The maximum Gasteiger partial charge on any atom is 0.338 e. The lowest BCUT2D eigenvalue weighted by Crippen LogP contribution is -2.29. The van der Waals surface area contributed by atoms with Crippen molar-refractivity contribution in [1.82, 2.24) is 0 Å². The van der Waals surface area contributed by atoms with Crippen molar-refractivity contribution in [1.29, 1.82) is 0 Å². The summed E-state index contributed by atoms with van der Waals surface area (Å²) in [5, 5.41) is 0. The van der Waals surface area contributed by atoms with E-state index < -0.39 is 17.8 Å². The Morgan fingerprint density at radius 3 is 2.35 bits per heavy atom. The highest BCUT2D eigenvalue weighted by molar-refractivity contribution is 6.34. The van der Waals surface area contributed by atoms with Gasteiger partial charge in [0.2, 0.25) is 0 Å². The van der Waals surface area contributed by atoms with E-state index in [4.69, 9.17) is 10.5 Å². The molecule has 0 saturated heterocycles. The van der Waals surface area contributed by atoms with Crippen molar-refractivity contribution in [2.45, 2.75) is 6.92 Å². The smallest absolute Gasteiger partial charge is 0.338 e. The third-order valence-electron chi connectivity index (χ3n) is 3.55. The molecule has 1 aliphatic rings. The monoisotopic (exact) mass is 310 g/mol. The standard InChI is InChI=1S/C17H14N2O4/c1-2-23-17(22)10-3-6-12(7-4-10)19-15(20)13-8-5-11(18)9-14(13)16(19)21/h3-9H,2,18H2,1H3. The summed E-state index contributed by atoms with van der Waals surface area (Å²) in [5.74, 6) is -1.29. The van der Waals surface area contributed by atoms with Crippen LogP contribution in [0, 0.1) is 0 Å². The van der Waals surface area contributed by atoms with Crippen LogP contribution in [0.4, 0.5) is 11.4 Å². The van der Waals surface area contributed by atoms with Crippen LogP contribution < -0.4 is 10.6 Å². The van der Waals surface area contributed by atoms with Crippen LogP contribution in [0.2, 0.25) is 0 Å². The van der Waals surface area contributed by atoms with E-state index in [1.54, 1.807) is 13.0 Å². The van der Waals surface area contributed by atoms with Crippen molar-refractivity contribution in [2.24, 2.45) is 0 Å². The Balaban J connectivity index is 1.93. The van der Waals surface area contributed by atoms with Gasteiger partial charge >= 0.3 is 5.97 Å². The van der Waals surface area contributed by atoms with E-state index in [9.17, 15) is 14.4 Å². The van der Waals surface area contributed by atoms with Gasteiger partial charge in [0, 0.05) is 5.69 Å². The molecule has 6 nitrogen and oxygen atoms in total. The summed E-state index contributed by atoms with van der Waals surface area (Å²) in [5.41, 5.74) is 7.44. The van der Waals surface area contributed by atoms with E-state index in [2.05, 4.69) is 0 Å². The van der Waals surface area contributed by atoms with Gasteiger partial charge in [0.1, 0.15) is 0 Å². The maximum absolute atomic E-state index is 12.4. The van der Waals surface area contributed by atoms with Gasteiger partial charge in [0.25, 0.3) is 11.8 Å². The second-order valence-corrected chi connectivity index (χ2v) is 5.02. The second-order valence-electron chi connectivity index (χ2n) is 5.02. The SMILES string of the molecule is CCOC(=O)c1ccc(N2C(=O)c3ccc(N)cc3C2=O)cc1. The third-order valence-corrected chi connectivity index (χ3v) is 3.55. The van der Waals surface area contributed by atoms with E-state index in [1.807, 2.05) is 0 Å². The second kappa shape index (κ2) is 5.57. The average molecular weight is 310 g/mol. The first-order valence-electron chi connectivity index (χ1n) is 7.08. The number of carbonyl (C=O) groups is 3. The number of esters is 1. The number of hydrogen-bond donors (Lipinski definition) is 1. The minimum Gasteiger partial charge on any atom is -0.462 e. The van der Waals surface area contributed by atoms with Gasteiger partial charge in [-0.3, -0.25) is 9.59 Å². The topological polar surface area (TPSA) is 89.7 Å². The Bertz CT molecular complexity index is 812. The molecule has 2 amide bonds. The van der Waals surface area contributed by atoms with Crippen LogP contribution in [0.3, 0.4) is 0 Å². The lowest BCUT2D eigenvalue weighted by molar-refractivity contribution is 0.0526. The molecule has 0 fully saturated rings. The molecule has 3 rings (SSSR count). The number of benzene rings is 2. The van der Waals surface area contributed by atoms with E-state index in [0.29, 0.717) is 22.5 Å². The van der Waals surface area contributed by atoms with Gasteiger partial charge < -0.3 is 10.5 Å². The highest BCUT2D eigenvalue weighted by Crippen LogP contribution is 2.29. The molecular formula is C17H14N2O4. The van der Waals surface area contributed by atoms with Gasteiger partial charge in [-0.25, -0.2) is 9.69 Å². The Morgan fingerprint density at radius 2 is 1.70 bits per heavy atom. The Hall–Kier alpha value is -3.15. The molecule has 2 aromatic rings. The van der Waals surface area contributed by atoms with E-state index in [0.717, 1.165) is 4.90 Å². The number of rotatable bonds is 3. The minimum atomic E-state index is -0.450. The van der Waals surface area contributed by atoms with Crippen LogP contribution in [0.25, 0.3) is 0 Å². The fourth-order valence-corrected chi connectivity index (χ4v) is 2.45. The predicted octanol–water partition coefficient (Wildman–Crippen LogP) is 2.25. The van der Waals surface area contributed by atoms with Crippen molar-refractivity contribution in [3.63, 3.8) is 0 Å². The molecule has 1 heterocycles. The van der Waals surface area contributed by atoms with Gasteiger partial charge in [-0.05, 0) is 49.4 Å². The molecule has 6 heteroatoms. The van der Waals surface area contributed by atoms with Gasteiger partial charge in [0.05, 0.1) is 29.0 Å². The van der Waals surface area contributed by atoms with Crippen LogP contribution in [0.5, 0.6) is 0 Å². The molecule has 0 unspecified atom stereocenters. The molecule has 0 radical (unpaired) electrons. The normalized spacial score (nSPS) is 13.2. The van der Waals surface area contributed by atoms with Crippen LogP contribution in [-0.4, -0.2) is 24.4 Å². The van der Waals surface area contributed by atoms with Crippen LogP contribution in [0.1, 0.15) is 38.0 Å². The van der Waals surface area contributed by atoms with Gasteiger partial charge in [-0.2, -0.15) is 0 Å². The summed E-state index contributed by atoms with van der Waals surface area (Å²) in [7, 11) is 0. The minimum absolute atomic E-state index is 0.278. The van der Waals surface area contributed by atoms with Crippen molar-refractivity contribution in [2.75, 3.05) is 17.2 Å². The first-order valence-corrected chi connectivity index (χ1v) is 7.08. The highest BCUT2D eigenvalue weighted by atomic mass is 16.5. The third kappa shape index (κ3) is 2.44. The molecule has 2 N–H and O–H groups in total. The summed E-state index contributed by atoms with van der Waals surface area (Å²) < 4.78 is 4.90. The molecule has 0 aliphatic carbocycles. The quantitative estimate of drug-likeness (QED) is 0.533. The van der Waals surface area contributed by atoms with E-state index >= 15 is 0 Å². The Kier molecular flexibility index (Phi) is 3.57. The lowest BCUT2D eigenvalue weighted by Gasteiger charge is -2.14. The van der Waals surface area contributed by atoms with Gasteiger partial charge in [-0.1, -0.05) is 0 Å². The van der Waals surface area contributed by atoms with Crippen LogP contribution >= 0.6 is 0 Å². The van der Waals surface area contributed by atoms with Crippen molar-refractivity contribution >= 4 is 29.2 Å². The number of ether oxygens (including phenoxy) is 1. The number of anilines is 2. The van der Waals surface area contributed by atoms with Crippen molar-refractivity contribution in [3.05, 3.63) is 59.2 Å². The molecule has 0 bridgehead atoms. The molecule has 1 aliphatic heterocycles. The number of imide groups is 1. The molecule has 23 heavy (non-hydrogen) atoms. The summed E-state index contributed by atoms with van der Waals surface area (Å²) >= 11 is 0. The molecule has 0 saturated carbocycles. The number of fused-ring (bicyclic) bond motifs is 1. The van der Waals surface area contributed by atoms with Gasteiger partial charge in [-0.15, -0.1) is 0 Å². The number of nitrogens with two attached hydrogens (primary N) is 1. The molecular weight excluding hydrogens is 296 g/mol. The van der Waals surface area contributed by atoms with Crippen molar-refractivity contribution < 1.29 is 19.1 Å². The lowest BCUT2D eigenvalue weighted by atomic mass is 10.1. The zero-order valence-electron chi connectivity index (χ0n) is 12.4. The first-order chi connectivity index (χ1) is 11.0. The number of nitrogens with zero attached hydrogens (tertiary/aromatic N) is 1. The number of nitrogen functional groups attached to an aromatic ring is 1. The summed E-state index contributed by atoms with van der Waals surface area (Å²) in [6.45, 7) is 2.00. The van der Waals surface area contributed by atoms with Crippen molar-refractivity contribution in [3.8, 4) is 0 Å². The summed E-state index contributed by atoms with van der Waals surface area (Å²) in [6, 6.07) is 10.7. The summed E-state index contributed by atoms with van der Waals surface area (Å²) in [6.07, 6.45) is 0. The first kappa shape index (κ1) is 14.8. The largest absolute Gasteiger partial charge is 0.462 e. The number of amides is 2. The number of carbonyl (C=O) groups excluding carboxylic acids is 3. The molecule has 2 aromatic carbocycles. The molecule has 0 atom stereocenters. The fraction of sp³-hybridized carbons (Fsp3) is 0.118. The van der Waals surface area contributed by atoms with Gasteiger partial charge in [0.15, 0.2) is 0 Å². The average Bonchev–Trinajstić information content (AvgIpc) is 2.79. The van der Waals surface area contributed by atoms with E-state index in [-0.39, 0.29) is 12.2 Å². The number of hydrogen-bond acceptors (Lipinski definition) is 5.